The van der Waals surface area contributed by atoms with E-state index in [9.17, 15) is 19.7 Å². The molecule has 1 saturated heterocycles. The summed E-state index contributed by atoms with van der Waals surface area (Å²) in [6, 6.07) is 12.9. The number of nitro benzene ring substituents is 1. The van der Waals surface area contributed by atoms with Crippen LogP contribution < -0.4 is 10.1 Å². The van der Waals surface area contributed by atoms with Crippen LogP contribution in [-0.4, -0.2) is 33.3 Å². The van der Waals surface area contributed by atoms with Gasteiger partial charge in [-0.05, 0) is 42.1 Å². The number of nitrogens with one attached hydrogen (secondary N) is 1. The zero-order chi connectivity index (χ0) is 21.7. The third-order valence-electron chi connectivity index (χ3n) is 4.26. The molecule has 2 amide bonds. The van der Waals surface area contributed by atoms with E-state index in [0.29, 0.717) is 11.3 Å². The van der Waals surface area contributed by atoms with E-state index in [4.69, 9.17) is 17.0 Å². The number of carbonyl (C=O) groups is 2. The first-order valence-corrected chi connectivity index (χ1v) is 9.26. The lowest BCUT2D eigenvalue weighted by molar-refractivity contribution is -0.384. The van der Waals surface area contributed by atoms with Crippen molar-refractivity contribution in [1.29, 1.82) is 0 Å². The number of thiocarbonyl (C=S) groups is 1. The van der Waals surface area contributed by atoms with Gasteiger partial charge in [0.05, 0.1) is 4.92 Å². The third-order valence-corrected chi connectivity index (χ3v) is 4.58. The summed E-state index contributed by atoms with van der Waals surface area (Å²) in [7, 11) is 0. The van der Waals surface area contributed by atoms with Crippen LogP contribution in [0.5, 0.6) is 5.75 Å². The number of amides is 2. The van der Waals surface area contributed by atoms with Crippen molar-refractivity contribution in [2.45, 2.75) is 6.61 Å². The molecule has 152 valence electrons. The van der Waals surface area contributed by atoms with Crippen LogP contribution in [0.25, 0.3) is 6.08 Å². The second-order valence-electron chi connectivity index (χ2n) is 6.27. The number of rotatable bonds is 7. The smallest absolute Gasteiger partial charge is 0.269 e. The van der Waals surface area contributed by atoms with Crippen LogP contribution in [-0.2, 0) is 16.2 Å². The van der Waals surface area contributed by atoms with Crippen LogP contribution in [0.3, 0.4) is 0 Å². The summed E-state index contributed by atoms with van der Waals surface area (Å²) in [5, 5.41) is 13.3. The van der Waals surface area contributed by atoms with Crippen molar-refractivity contribution in [2.24, 2.45) is 0 Å². The fraction of sp³-hybridized carbons (Fsp3) is 0.0952. The maximum Gasteiger partial charge on any atom is 0.269 e. The molecule has 1 fully saturated rings. The lowest BCUT2D eigenvalue weighted by Crippen LogP contribution is -2.53. The van der Waals surface area contributed by atoms with Crippen LogP contribution in [0.4, 0.5) is 5.69 Å². The summed E-state index contributed by atoms with van der Waals surface area (Å²) in [6.07, 6.45) is 2.96. The molecule has 2 aromatic rings. The maximum atomic E-state index is 12.7. The Morgan fingerprint density at radius 2 is 1.87 bits per heavy atom. The molecule has 0 radical (unpaired) electrons. The average molecular weight is 423 g/mol. The predicted octanol–water partition coefficient (Wildman–Crippen LogP) is 2.99. The summed E-state index contributed by atoms with van der Waals surface area (Å²) < 4.78 is 5.82. The van der Waals surface area contributed by atoms with E-state index in [1.54, 1.807) is 36.4 Å². The zero-order valence-corrected chi connectivity index (χ0v) is 16.6. The summed E-state index contributed by atoms with van der Waals surface area (Å²) in [6.45, 7) is 3.92. The first-order chi connectivity index (χ1) is 14.4. The highest BCUT2D eigenvalue weighted by Crippen LogP contribution is 2.24. The topological polar surface area (TPSA) is 102 Å². The molecule has 2 aromatic carbocycles. The number of benzene rings is 2. The molecule has 0 bridgehead atoms. The van der Waals surface area contributed by atoms with Gasteiger partial charge in [0.2, 0.25) is 0 Å². The Morgan fingerprint density at radius 1 is 1.17 bits per heavy atom. The minimum absolute atomic E-state index is 0.00676. The Labute approximate surface area is 177 Å². The van der Waals surface area contributed by atoms with Gasteiger partial charge in [0.25, 0.3) is 17.5 Å². The number of hydrogen-bond acceptors (Lipinski definition) is 6. The van der Waals surface area contributed by atoms with Gasteiger partial charge in [-0.15, -0.1) is 6.58 Å². The summed E-state index contributed by atoms with van der Waals surface area (Å²) in [4.78, 5) is 36.5. The number of nitrogens with zero attached hydrogens (tertiary/aromatic N) is 2. The molecule has 1 aliphatic rings. The van der Waals surface area contributed by atoms with Crippen LogP contribution >= 0.6 is 12.2 Å². The van der Waals surface area contributed by atoms with E-state index in [2.05, 4.69) is 11.9 Å². The fourth-order valence-corrected chi connectivity index (χ4v) is 3.00. The number of para-hydroxylation sites is 1. The summed E-state index contributed by atoms with van der Waals surface area (Å²) >= 11 is 5.04. The van der Waals surface area contributed by atoms with Gasteiger partial charge in [0.15, 0.2) is 5.11 Å². The van der Waals surface area contributed by atoms with Crippen molar-refractivity contribution in [3.8, 4) is 5.75 Å². The van der Waals surface area contributed by atoms with E-state index in [1.165, 1.54) is 29.2 Å². The summed E-state index contributed by atoms with van der Waals surface area (Å²) in [5.74, 6) is -0.656. The Bertz CT molecular complexity index is 1060. The molecule has 0 atom stereocenters. The van der Waals surface area contributed by atoms with Gasteiger partial charge in [-0.25, -0.2) is 0 Å². The van der Waals surface area contributed by atoms with Gasteiger partial charge in [0, 0.05) is 24.2 Å². The Balaban J connectivity index is 1.83. The van der Waals surface area contributed by atoms with Gasteiger partial charge in [-0.1, -0.05) is 24.3 Å². The number of non-ortho nitro benzene ring substituents is 1. The number of carbonyl (C=O) groups excluding carboxylic acids is 2. The molecule has 1 N–H and O–H groups in total. The van der Waals surface area contributed by atoms with Gasteiger partial charge in [-0.2, -0.15) is 0 Å². The van der Waals surface area contributed by atoms with Crippen molar-refractivity contribution in [3.63, 3.8) is 0 Å². The quantitative estimate of drug-likeness (QED) is 0.183. The van der Waals surface area contributed by atoms with Gasteiger partial charge >= 0.3 is 0 Å². The lowest BCUT2D eigenvalue weighted by atomic mass is 10.1. The molecule has 0 spiro atoms. The second kappa shape index (κ2) is 9.10. The molecule has 0 unspecified atom stereocenters. The largest absolute Gasteiger partial charge is 0.488 e. The van der Waals surface area contributed by atoms with Crippen molar-refractivity contribution in [2.75, 3.05) is 6.54 Å². The lowest BCUT2D eigenvalue weighted by Gasteiger charge is -2.27. The molecular formula is C21H17N3O5S. The van der Waals surface area contributed by atoms with Gasteiger partial charge < -0.3 is 4.74 Å². The van der Waals surface area contributed by atoms with E-state index in [0.717, 1.165) is 5.56 Å². The minimum atomic E-state index is -0.588. The third kappa shape index (κ3) is 4.58. The number of nitro groups is 1. The molecule has 0 saturated carbocycles. The van der Waals surface area contributed by atoms with Crippen molar-refractivity contribution < 1.29 is 19.2 Å². The monoisotopic (exact) mass is 423 g/mol. The number of ether oxygens (including phenoxy) is 1. The SMILES string of the molecule is C=CCN1C(=O)/C(=C/c2ccccc2OCc2ccc([N+](=O)[O-])cc2)C(=O)NC1=S. The highest BCUT2D eigenvalue weighted by molar-refractivity contribution is 7.80. The normalized spacial score (nSPS) is 15.1. The van der Waals surface area contributed by atoms with E-state index < -0.39 is 16.7 Å². The van der Waals surface area contributed by atoms with Crippen LogP contribution in [0.1, 0.15) is 11.1 Å². The molecule has 0 aliphatic carbocycles. The minimum Gasteiger partial charge on any atom is -0.488 e. The van der Waals surface area contributed by atoms with E-state index >= 15 is 0 Å². The average Bonchev–Trinajstić information content (AvgIpc) is 2.73. The molecule has 3 rings (SSSR count). The van der Waals surface area contributed by atoms with Crippen molar-refractivity contribution in [3.05, 3.63) is 88.0 Å². The van der Waals surface area contributed by atoms with Crippen LogP contribution in [0.2, 0.25) is 0 Å². The molecule has 9 heteroatoms. The second-order valence-corrected chi connectivity index (χ2v) is 6.66. The maximum absolute atomic E-state index is 12.7. The van der Waals surface area contributed by atoms with Crippen molar-refractivity contribution >= 4 is 40.9 Å². The Morgan fingerprint density at radius 3 is 2.53 bits per heavy atom. The highest BCUT2D eigenvalue weighted by Gasteiger charge is 2.32. The summed E-state index contributed by atoms with van der Waals surface area (Å²) in [5.41, 5.74) is 1.19. The molecule has 1 heterocycles. The van der Waals surface area contributed by atoms with Crippen LogP contribution in [0, 0.1) is 10.1 Å². The molecular weight excluding hydrogens is 406 g/mol. The highest BCUT2D eigenvalue weighted by atomic mass is 32.1. The van der Waals surface area contributed by atoms with E-state index in [1.807, 2.05) is 0 Å². The van der Waals surface area contributed by atoms with Crippen LogP contribution in [0.15, 0.2) is 66.8 Å². The first-order valence-electron chi connectivity index (χ1n) is 8.85. The van der Waals surface area contributed by atoms with Gasteiger partial charge in [-0.3, -0.25) is 29.9 Å². The fourth-order valence-electron chi connectivity index (χ4n) is 2.75. The molecule has 1 aliphatic heterocycles. The molecule has 8 nitrogen and oxygen atoms in total. The van der Waals surface area contributed by atoms with E-state index in [-0.39, 0.29) is 29.5 Å². The molecule has 0 aromatic heterocycles. The standard InChI is InChI=1S/C21H17N3O5S/c1-2-11-23-20(26)17(19(25)22-21(23)30)12-15-5-3-4-6-18(15)29-13-14-7-9-16(10-8-14)24(27)28/h2-10,12H,1,11,13H2,(H,22,25,30)/b17-12+. The van der Waals surface area contributed by atoms with Gasteiger partial charge in [0.1, 0.15) is 17.9 Å². The van der Waals surface area contributed by atoms with Crippen molar-refractivity contribution in [1.82, 2.24) is 10.2 Å². The Kier molecular flexibility index (Phi) is 6.33. The molecule has 30 heavy (non-hydrogen) atoms. The number of hydrogen-bond donors (Lipinski definition) is 1. The Hall–Kier alpha value is -3.85. The predicted molar refractivity (Wildman–Crippen MR) is 114 cm³/mol. The first kappa shape index (κ1) is 20.9. The zero-order valence-electron chi connectivity index (χ0n) is 15.7.